The quantitative estimate of drug-likeness (QED) is 0.762. The molecule has 1 aromatic heterocycles. The van der Waals surface area contributed by atoms with E-state index >= 15 is 0 Å². The highest BCUT2D eigenvalue weighted by Gasteiger charge is 2.23. The molecule has 5 heteroatoms. The molecule has 0 unspecified atom stereocenters. The van der Waals surface area contributed by atoms with Gasteiger partial charge in [0.1, 0.15) is 11.6 Å². The molecule has 0 radical (unpaired) electrons. The standard InChI is InChI=1S/C24H30FN3O/c1-2-24(29)28-15-13-27(14-16-28)23-17-21(18-9-11-19(25)12-10-18)20-7-5-3-4-6-8-22(20)26-23/h9-12,17H,2-8,13-16H2,1H3. The number of nitrogens with zero attached hydrogens (tertiary/aromatic N) is 3. The van der Waals surface area contributed by atoms with E-state index in [1.165, 1.54) is 42.5 Å². The van der Waals surface area contributed by atoms with E-state index in [1.54, 1.807) is 12.1 Å². The lowest BCUT2D eigenvalue weighted by Crippen LogP contribution is -2.49. The third kappa shape index (κ3) is 4.44. The summed E-state index contributed by atoms with van der Waals surface area (Å²) in [5.41, 5.74) is 4.79. The van der Waals surface area contributed by atoms with Gasteiger partial charge in [-0.3, -0.25) is 4.79 Å². The fourth-order valence-corrected chi connectivity index (χ4v) is 4.50. The lowest BCUT2D eigenvalue weighted by molar-refractivity contribution is -0.131. The van der Waals surface area contributed by atoms with Gasteiger partial charge in [0, 0.05) is 38.3 Å². The molecule has 1 saturated heterocycles. The summed E-state index contributed by atoms with van der Waals surface area (Å²) in [6.07, 6.45) is 7.48. The number of carbonyl (C=O) groups is 1. The first-order valence-electron chi connectivity index (χ1n) is 11.0. The van der Waals surface area contributed by atoms with Crippen molar-refractivity contribution in [2.24, 2.45) is 0 Å². The third-order valence-electron chi connectivity index (χ3n) is 6.20. The van der Waals surface area contributed by atoms with Crippen molar-refractivity contribution in [1.29, 1.82) is 0 Å². The second-order valence-electron chi connectivity index (χ2n) is 8.10. The molecule has 29 heavy (non-hydrogen) atoms. The second-order valence-corrected chi connectivity index (χ2v) is 8.10. The molecule has 0 spiro atoms. The van der Waals surface area contributed by atoms with E-state index < -0.39 is 0 Å². The molecule has 4 nitrogen and oxygen atoms in total. The SMILES string of the molecule is CCC(=O)N1CCN(c2cc(-c3ccc(F)cc3)c3c(n2)CCCCCC3)CC1. The van der Waals surface area contributed by atoms with Crippen LogP contribution in [0.1, 0.15) is 50.3 Å². The maximum Gasteiger partial charge on any atom is 0.222 e. The van der Waals surface area contributed by atoms with Crippen LogP contribution in [0, 0.1) is 5.82 Å². The normalized spacial score (nSPS) is 17.4. The number of halogens is 1. The molecule has 1 amide bonds. The smallest absolute Gasteiger partial charge is 0.222 e. The fraction of sp³-hybridized carbons (Fsp3) is 0.500. The Labute approximate surface area is 172 Å². The number of amides is 1. The van der Waals surface area contributed by atoms with Crippen LogP contribution in [0.25, 0.3) is 11.1 Å². The van der Waals surface area contributed by atoms with E-state index in [0.29, 0.717) is 6.42 Å². The summed E-state index contributed by atoms with van der Waals surface area (Å²) in [6, 6.07) is 9.03. The Hall–Kier alpha value is -2.43. The van der Waals surface area contributed by atoms with Crippen molar-refractivity contribution in [2.75, 3.05) is 31.1 Å². The minimum Gasteiger partial charge on any atom is -0.353 e. The predicted molar refractivity (Wildman–Crippen MR) is 115 cm³/mol. The molecular formula is C24H30FN3O. The molecule has 0 saturated carbocycles. The molecule has 2 heterocycles. The van der Waals surface area contributed by atoms with E-state index in [1.807, 2.05) is 24.0 Å². The number of benzene rings is 1. The molecule has 2 aliphatic rings. The highest BCUT2D eigenvalue weighted by Crippen LogP contribution is 2.33. The second kappa shape index (κ2) is 8.93. The first-order chi connectivity index (χ1) is 14.2. The van der Waals surface area contributed by atoms with Crippen molar-refractivity contribution < 1.29 is 9.18 Å². The Kier molecular flexibility index (Phi) is 6.12. The number of pyridine rings is 1. The zero-order valence-corrected chi connectivity index (χ0v) is 17.3. The van der Waals surface area contributed by atoms with Crippen LogP contribution in [0.3, 0.4) is 0 Å². The van der Waals surface area contributed by atoms with Gasteiger partial charge in [-0.25, -0.2) is 9.37 Å². The molecule has 1 aromatic carbocycles. The van der Waals surface area contributed by atoms with Crippen LogP contribution in [0.2, 0.25) is 0 Å². The van der Waals surface area contributed by atoms with Gasteiger partial charge in [0.25, 0.3) is 0 Å². The molecule has 0 N–H and O–H groups in total. The van der Waals surface area contributed by atoms with Crippen molar-refractivity contribution in [3.05, 3.63) is 47.4 Å². The van der Waals surface area contributed by atoms with Crippen LogP contribution >= 0.6 is 0 Å². The number of fused-ring (bicyclic) bond motifs is 1. The molecule has 1 aliphatic carbocycles. The number of hydrogen-bond acceptors (Lipinski definition) is 3. The number of anilines is 1. The average molecular weight is 396 g/mol. The van der Waals surface area contributed by atoms with Gasteiger partial charge in [0.05, 0.1) is 0 Å². The number of aryl methyl sites for hydroxylation is 1. The minimum absolute atomic E-state index is 0.206. The number of rotatable bonds is 3. The van der Waals surface area contributed by atoms with Gasteiger partial charge >= 0.3 is 0 Å². The van der Waals surface area contributed by atoms with Gasteiger partial charge in [-0.15, -0.1) is 0 Å². The largest absolute Gasteiger partial charge is 0.353 e. The predicted octanol–water partition coefficient (Wildman–Crippen LogP) is 4.61. The molecule has 4 rings (SSSR count). The van der Waals surface area contributed by atoms with Gasteiger partial charge in [0.15, 0.2) is 0 Å². The van der Waals surface area contributed by atoms with Crippen molar-refractivity contribution >= 4 is 11.7 Å². The first-order valence-corrected chi connectivity index (χ1v) is 11.0. The lowest BCUT2D eigenvalue weighted by atomic mass is 9.90. The molecule has 154 valence electrons. The molecule has 0 atom stereocenters. The van der Waals surface area contributed by atoms with Crippen molar-refractivity contribution in [3.63, 3.8) is 0 Å². The summed E-state index contributed by atoms with van der Waals surface area (Å²) in [7, 11) is 0. The van der Waals surface area contributed by atoms with Crippen molar-refractivity contribution in [1.82, 2.24) is 9.88 Å². The zero-order chi connectivity index (χ0) is 20.2. The zero-order valence-electron chi connectivity index (χ0n) is 17.3. The Morgan fingerprint density at radius 2 is 1.69 bits per heavy atom. The van der Waals surface area contributed by atoms with Gasteiger partial charge in [0.2, 0.25) is 5.91 Å². The Morgan fingerprint density at radius 1 is 1.00 bits per heavy atom. The Bertz CT molecular complexity index is 857. The van der Waals surface area contributed by atoms with Crippen LogP contribution in [-0.2, 0) is 17.6 Å². The van der Waals surface area contributed by atoms with Crippen molar-refractivity contribution in [3.8, 4) is 11.1 Å². The van der Waals surface area contributed by atoms with Gasteiger partial charge in [-0.2, -0.15) is 0 Å². The number of carbonyl (C=O) groups excluding carboxylic acids is 1. The first kappa shape index (κ1) is 19.9. The number of hydrogen-bond donors (Lipinski definition) is 0. The number of piperazine rings is 1. The van der Waals surface area contributed by atoms with Crippen LogP contribution < -0.4 is 4.90 Å². The highest BCUT2D eigenvalue weighted by atomic mass is 19.1. The number of aromatic nitrogens is 1. The van der Waals surface area contributed by atoms with Crippen LogP contribution in [-0.4, -0.2) is 42.0 Å². The van der Waals surface area contributed by atoms with Gasteiger partial charge < -0.3 is 9.80 Å². The molecule has 0 bridgehead atoms. The molecule has 2 aromatic rings. The molecule has 1 aliphatic heterocycles. The third-order valence-corrected chi connectivity index (χ3v) is 6.20. The Balaban J connectivity index is 1.68. The van der Waals surface area contributed by atoms with E-state index in [4.69, 9.17) is 4.98 Å². The van der Waals surface area contributed by atoms with E-state index in [-0.39, 0.29) is 11.7 Å². The van der Waals surface area contributed by atoms with E-state index in [9.17, 15) is 9.18 Å². The molecule has 1 fully saturated rings. The summed E-state index contributed by atoms with van der Waals surface area (Å²) in [4.78, 5) is 21.3. The summed E-state index contributed by atoms with van der Waals surface area (Å²) in [5.74, 6) is 1.01. The van der Waals surface area contributed by atoms with E-state index in [0.717, 1.165) is 50.4 Å². The summed E-state index contributed by atoms with van der Waals surface area (Å²) >= 11 is 0. The maximum absolute atomic E-state index is 13.5. The van der Waals surface area contributed by atoms with Crippen LogP contribution in [0.4, 0.5) is 10.2 Å². The van der Waals surface area contributed by atoms with Crippen molar-refractivity contribution in [2.45, 2.75) is 51.9 Å². The average Bonchev–Trinajstić information content (AvgIpc) is 2.74. The summed E-state index contributed by atoms with van der Waals surface area (Å²) < 4.78 is 13.5. The van der Waals surface area contributed by atoms with Gasteiger partial charge in [-0.1, -0.05) is 31.9 Å². The van der Waals surface area contributed by atoms with E-state index in [2.05, 4.69) is 11.0 Å². The molecular weight excluding hydrogens is 365 g/mol. The fourth-order valence-electron chi connectivity index (χ4n) is 4.50. The van der Waals surface area contributed by atoms with Crippen LogP contribution in [0.15, 0.2) is 30.3 Å². The van der Waals surface area contributed by atoms with Gasteiger partial charge in [-0.05, 0) is 60.6 Å². The van der Waals surface area contributed by atoms with Crippen LogP contribution in [0.5, 0.6) is 0 Å². The highest BCUT2D eigenvalue weighted by molar-refractivity contribution is 5.76. The summed E-state index contributed by atoms with van der Waals surface area (Å²) in [5, 5.41) is 0. The summed E-state index contributed by atoms with van der Waals surface area (Å²) in [6.45, 7) is 5.02. The monoisotopic (exact) mass is 395 g/mol. The maximum atomic E-state index is 13.5. The Morgan fingerprint density at radius 3 is 2.38 bits per heavy atom. The lowest BCUT2D eigenvalue weighted by Gasteiger charge is -2.36. The topological polar surface area (TPSA) is 36.4 Å². The minimum atomic E-state index is -0.206.